The lowest BCUT2D eigenvalue weighted by Crippen LogP contribution is -2.07. The molecule has 84 valence electrons. The van der Waals surface area contributed by atoms with Crippen molar-refractivity contribution in [3.63, 3.8) is 0 Å². The third-order valence-electron chi connectivity index (χ3n) is 3.21. The molecule has 0 radical (unpaired) electrons. The topological polar surface area (TPSA) is 51.2 Å². The maximum Gasteiger partial charge on any atom is 0.116 e. The Morgan fingerprint density at radius 1 is 1.31 bits per heavy atom. The molecule has 0 bridgehead atoms. The third kappa shape index (κ3) is 1.48. The Morgan fingerprint density at radius 2 is 2.12 bits per heavy atom. The fourth-order valence-electron chi connectivity index (χ4n) is 2.39. The number of fused-ring (bicyclic) bond motifs is 1. The number of phenolic OH excluding ortho intramolecular Hbond substituents is 1. The van der Waals surface area contributed by atoms with Crippen LogP contribution in [-0.4, -0.2) is 16.2 Å². The quantitative estimate of drug-likeness (QED) is 0.826. The van der Waals surface area contributed by atoms with Crippen LogP contribution in [0.4, 0.5) is 0 Å². The lowest BCUT2D eigenvalue weighted by atomic mass is 10.2. The molecule has 3 N–H and O–H groups in total. The number of aromatic hydroxyl groups is 1. The molecular formula is C13H16N2O. The van der Waals surface area contributed by atoms with Gasteiger partial charge in [0.05, 0.1) is 0 Å². The molecule has 0 amide bonds. The van der Waals surface area contributed by atoms with E-state index in [4.69, 9.17) is 5.73 Å². The maximum absolute atomic E-state index is 9.48. The van der Waals surface area contributed by atoms with Gasteiger partial charge in [-0.15, -0.1) is 0 Å². The first kappa shape index (κ1) is 9.73. The Kier molecular flexibility index (Phi) is 2.14. The fraction of sp³-hybridized carbons (Fsp3) is 0.385. The lowest BCUT2D eigenvalue weighted by molar-refractivity contribution is 0.476. The molecule has 1 aliphatic rings. The van der Waals surface area contributed by atoms with Gasteiger partial charge < -0.3 is 15.4 Å². The van der Waals surface area contributed by atoms with E-state index in [0.717, 1.165) is 11.8 Å². The van der Waals surface area contributed by atoms with Gasteiger partial charge in [-0.2, -0.15) is 0 Å². The summed E-state index contributed by atoms with van der Waals surface area (Å²) in [5.41, 5.74) is 8.16. The normalized spacial score (nSPS) is 15.8. The summed E-state index contributed by atoms with van der Waals surface area (Å²) in [6.07, 6.45) is 3.44. The zero-order valence-corrected chi connectivity index (χ0v) is 9.19. The van der Waals surface area contributed by atoms with Gasteiger partial charge in [0.2, 0.25) is 0 Å². The van der Waals surface area contributed by atoms with E-state index in [0.29, 0.717) is 18.3 Å². The first-order chi connectivity index (χ1) is 7.79. The molecule has 0 atom stereocenters. The highest BCUT2D eigenvalue weighted by Gasteiger charge is 2.26. The van der Waals surface area contributed by atoms with Gasteiger partial charge in [0.25, 0.3) is 0 Å². The highest BCUT2D eigenvalue weighted by atomic mass is 16.3. The second-order valence-corrected chi connectivity index (χ2v) is 4.52. The zero-order chi connectivity index (χ0) is 11.1. The lowest BCUT2D eigenvalue weighted by Gasteiger charge is -2.08. The van der Waals surface area contributed by atoms with E-state index in [1.54, 1.807) is 6.07 Å². The van der Waals surface area contributed by atoms with E-state index in [-0.39, 0.29) is 0 Å². The molecule has 1 aromatic carbocycles. The van der Waals surface area contributed by atoms with Crippen LogP contribution in [0.25, 0.3) is 10.9 Å². The van der Waals surface area contributed by atoms with Crippen molar-refractivity contribution in [3.05, 3.63) is 30.0 Å². The average Bonchev–Trinajstić information content (AvgIpc) is 3.02. The largest absolute Gasteiger partial charge is 0.508 e. The van der Waals surface area contributed by atoms with E-state index >= 15 is 0 Å². The number of rotatable bonds is 3. The van der Waals surface area contributed by atoms with Crippen molar-refractivity contribution in [1.29, 1.82) is 0 Å². The molecule has 1 heterocycles. The van der Waals surface area contributed by atoms with E-state index in [1.807, 2.05) is 12.1 Å². The van der Waals surface area contributed by atoms with Crippen molar-refractivity contribution in [2.45, 2.75) is 25.3 Å². The summed E-state index contributed by atoms with van der Waals surface area (Å²) in [6.45, 7) is 0.676. The van der Waals surface area contributed by atoms with Crippen molar-refractivity contribution in [1.82, 2.24) is 4.57 Å². The van der Waals surface area contributed by atoms with Gasteiger partial charge in [0.15, 0.2) is 0 Å². The molecule has 0 saturated heterocycles. The number of nitrogens with two attached hydrogens (primary N) is 1. The monoisotopic (exact) mass is 216 g/mol. The minimum Gasteiger partial charge on any atom is -0.508 e. The second-order valence-electron chi connectivity index (χ2n) is 4.52. The van der Waals surface area contributed by atoms with Crippen LogP contribution in [0.15, 0.2) is 24.3 Å². The van der Waals surface area contributed by atoms with Crippen molar-refractivity contribution < 1.29 is 5.11 Å². The molecule has 2 aromatic rings. The summed E-state index contributed by atoms with van der Waals surface area (Å²) in [5, 5.41) is 10.6. The molecular weight excluding hydrogens is 200 g/mol. The fourth-order valence-corrected chi connectivity index (χ4v) is 2.39. The smallest absolute Gasteiger partial charge is 0.116 e. The van der Waals surface area contributed by atoms with Crippen molar-refractivity contribution in [2.24, 2.45) is 5.73 Å². The number of phenols is 1. The van der Waals surface area contributed by atoms with Gasteiger partial charge in [-0.25, -0.2) is 0 Å². The summed E-state index contributed by atoms with van der Waals surface area (Å²) >= 11 is 0. The Hall–Kier alpha value is -1.48. The van der Waals surface area contributed by atoms with Crippen LogP contribution in [0.5, 0.6) is 5.75 Å². The van der Waals surface area contributed by atoms with Crippen LogP contribution in [0, 0.1) is 0 Å². The summed E-state index contributed by atoms with van der Waals surface area (Å²) in [5.74, 6) is 0.333. The van der Waals surface area contributed by atoms with Gasteiger partial charge in [-0.3, -0.25) is 0 Å². The van der Waals surface area contributed by atoms with Crippen LogP contribution in [-0.2, 0) is 6.42 Å². The van der Waals surface area contributed by atoms with Crippen LogP contribution in [0.1, 0.15) is 24.6 Å². The third-order valence-corrected chi connectivity index (χ3v) is 3.21. The first-order valence-electron chi connectivity index (χ1n) is 5.82. The van der Waals surface area contributed by atoms with Crippen molar-refractivity contribution in [2.75, 3.05) is 6.54 Å². The van der Waals surface area contributed by atoms with E-state index < -0.39 is 0 Å². The minimum atomic E-state index is 0.333. The van der Waals surface area contributed by atoms with Gasteiger partial charge >= 0.3 is 0 Å². The van der Waals surface area contributed by atoms with E-state index in [2.05, 4.69) is 10.6 Å². The molecule has 1 saturated carbocycles. The van der Waals surface area contributed by atoms with E-state index in [9.17, 15) is 5.11 Å². The predicted molar refractivity (Wildman–Crippen MR) is 64.6 cm³/mol. The predicted octanol–water partition coefficient (Wildman–Crippen LogP) is 2.18. The molecule has 1 aromatic heterocycles. The summed E-state index contributed by atoms with van der Waals surface area (Å²) in [6, 6.07) is 8.40. The molecule has 3 heteroatoms. The highest BCUT2D eigenvalue weighted by molar-refractivity contribution is 5.83. The zero-order valence-electron chi connectivity index (χ0n) is 9.19. The summed E-state index contributed by atoms with van der Waals surface area (Å²) < 4.78 is 2.39. The SMILES string of the molecule is NCCc1cc2cc(O)ccc2n1C1CC1. The molecule has 0 spiro atoms. The Balaban J connectivity index is 2.20. The van der Waals surface area contributed by atoms with Gasteiger partial charge in [-0.05, 0) is 50.1 Å². The maximum atomic E-state index is 9.48. The van der Waals surface area contributed by atoms with Crippen molar-refractivity contribution >= 4 is 10.9 Å². The van der Waals surface area contributed by atoms with Gasteiger partial charge in [0, 0.05) is 22.6 Å². The number of aromatic nitrogens is 1. The summed E-state index contributed by atoms with van der Waals surface area (Å²) in [7, 11) is 0. The molecule has 1 aliphatic carbocycles. The van der Waals surface area contributed by atoms with Gasteiger partial charge in [-0.1, -0.05) is 0 Å². The molecule has 0 unspecified atom stereocenters. The Bertz CT molecular complexity index is 526. The van der Waals surface area contributed by atoms with E-state index in [1.165, 1.54) is 24.1 Å². The number of nitrogens with zero attached hydrogens (tertiary/aromatic N) is 1. The molecule has 16 heavy (non-hydrogen) atoms. The second kappa shape index (κ2) is 3.52. The van der Waals surface area contributed by atoms with Crippen molar-refractivity contribution in [3.8, 4) is 5.75 Å². The highest BCUT2D eigenvalue weighted by Crippen LogP contribution is 2.40. The Morgan fingerprint density at radius 3 is 2.81 bits per heavy atom. The van der Waals surface area contributed by atoms with Crippen LogP contribution in [0.3, 0.4) is 0 Å². The molecule has 3 rings (SSSR count). The molecule has 0 aliphatic heterocycles. The summed E-state index contributed by atoms with van der Waals surface area (Å²) in [4.78, 5) is 0. The Labute approximate surface area is 94.5 Å². The van der Waals surface area contributed by atoms with Crippen LogP contribution >= 0.6 is 0 Å². The van der Waals surface area contributed by atoms with Gasteiger partial charge in [0.1, 0.15) is 5.75 Å². The van der Waals surface area contributed by atoms with Crippen LogP contribution < -0.4 is 5.73 Å². The number of hydrogen-bond donors (Lipinski definition) is 2. The van der Waals surface area contributed by atoms with Crippen LogP contribution in [0.2, 0.25) is 0 Å². The first-order valence-corrected chi connectivity index (χ1v) is 5.82. The minimum absolute atomic E-state index is 0.333. The molecule has 3 nitrogen and oxygen atoms in total. The average molecular weight is 216 g/mol. The molecule has 1 fully saturated rings. The standard InChI is InChI=1S/C13H16N2O/c14-6-5-11-7-9-8-12(16)3-4-13(9)15(11)10-1-2-10/h3-4,7-8,10,16H,1-2,5-6,14H2. The number of benzene rings is 1. The number of hydrogen-bond acceptors (Lipinski definition) is 2.